The van der Waals surface area contributed by atoms with Crippen molar-refractivity contribution in [1.29, 1.82) is 0 Å². The molecule has 1 unspecified atom stereocenters. The molecule has 1 atom stereocenters. The first-order valence-corrected chi connectivity index (χ1v) is 12.2. The van der Waals surface area contributed by atoms with E-state index in [2.05, 4.69) is 35.9 Å². The number of imidazole rings is 1. The molecule has 4 N–H and O–H groups in total. The van der Waals surface area contributed by atoms with Crippen LogP contribution in [0.15, 0.2) is 43.0 Å². The van der Waals surface area contributed by atoms with Crippen molar-refractivity contribution in [3.63, 3.8) is 0 Å². The zero-order valence-electron chi connectivity index (χ0n) is 20.2. The summed E-state index contributed by atoms with van der Waals surface area (Å²) in [4.78, 5) is 18.0. The SMILES string of the molecule is Cc1c(-c2cc3cc(Nc4cc5n(n4)Cc4nccn4CC5)ncc3c(N)n2)cnc2c1C(O)CCO2. The number of nitrogens with zero attached hydrogens (tertiary/aromatic N) is 7. The van der Waals surface area contributed by atoms with Crippen molar-refractivity contribution in [1.82, 2.24) is 34.3 Å². The highest BCUT2D eigenvalue weighted by atomic mass is 16.5. The zero-order chi connectivity index (χ0) is 25.1. The quantitative estimate of drug-likeness (QED) is 0.344. The summed E-state index contributed by atoms with van der Waals surface area (Å²) in [5.41, 5.74) is 10.6. The van der Waals surface area contributed by atoms with Crippen LogP contribution in [0.5, 0.6) is 5.88 Å². The molecular weight excluding hydrogens is 470 g/mol. The summed E-state index contributed by atoms with van der Waals surface area (Å²) < 4.78 is 9.79. The molecule has 11 nitrogen and oxygen atoms in total. The first kappa shape index (κ1) is 21.7. The molecule has 0 amide bonds. The van der Waals surface area contributed by atoms with Gasteiger partial charge >= 0.3 is 0 Å². The lowest BCUT2D eigenvalue weighted by molar-refractivity contribution is 0.111. The number of aliphatic hydroxyl groups is 1. The number of pyridine rings is 3. The molecule has 0 aliphatic carbocycles. The van der Waals surface area contributed by atoms with Crippen LogP contribution in [0.25, 0.3) is 22.0 Å². The molecule has 37 heavy (non-hydrogen) atoms. The van der Waals surface area contributed by atoms with E-state index in [0.717, 1.165) is 52.2 Å². The van der Waals surface area contributed by atoms with Crippen LogP contribution >= 0.6 is 0 Å². The highest BCUT2D eigenvalue weighted by Crippen LogP contribution is 2.38. The average molecular weight is 496 g/mol. The Bertz CT molecular complexity index is 1670. The molecule has 7 rings (SSSR count). The van der Waals surface area contributed by atoms with Crippen molar-refractivity contribution >= 4 is 28.2 Å². The predicted molar refractivity (Wildman–Crippen MR) is 138 cm³/mol. The molecule has 0 aromatic carbocycles. The molecule has 0 spiro atoms. The third-order valence-corrected chi connectivity index (χ3v) is 7.15. The highest BCUT2D eigenvalue weighted by Gasteiger charge is 2.25. The van der Waals surface area contributed by atoms with E-state index >= 15 is 0 Å². The summed E-state index contributed by atoms with van der Waals surface area (Å²) in [7, 11) is 0. The third-order valence-electron chi connectivity index (χ3n) is 7.15. The van der Waals surface area contributed by atoms with Crippen molar-refractivity contribution in [3.05, 3.63) is 65.6 Å². The molecule has 0 bridgehead atoms. The van der Waals surface area contributed by atoms with E-state index in [1.165, 1.54) is 0 Å². The van der Waals surface area contributed by atoms with Crippen LogP contribution in [0, 0.1) is 6.92 Å². The number of ether oxygens (including phenoxy) is 1. The number of nitrogens with two attached hydrogens (primary N) is 1. The predicted octanol–water partition coefficient (Wildman–Crippen LogP) is 3.14. The van der Waals surface area contributed by atoms with Gasteiger partial charge in [0.1, 0.15) is 17.5 Å². The minimum Gasteiger partial charge on any atom is -0.477 e. The second-order valence-electron chi connectivity index (χ2n) is 9.44. The van der Waals surface area contributed by atoms with Gasteiger partial charge in [-0.2, -0.15) is 5.10 Å². The summed E-state index contributed by atoms with van der Waals surface area (Å²) in [6.45, 7) is 3.91. The van der Waals surface area contributed by atoms with Crippen LogP contribution in [0.1, 0.15) is 35.2 Å². The summed E-state index contributed by atoms with van der Waals surface area (Å²) in [6.07, 6.45) is 8.08. The van der Waals surface area contributed by atoms with E-state index in [-0.39, 0.29) is 0 Å². The minimum absolute atomic E-state index is 0.379. The van der Waals surface area contributed by atoms with Crippen molar-refractivity contribution in [2.75, 3.05) is 17.7 Å². The van der Waals surface area contributed by atoms with Gasteiger partial charge in [0.05, 0.1) is 24.9 Å². The number of aliphatic hydroxyl groups excluding tert-OH is 1. The van der Waals surface area contributed by atoms with E-state index in [0.29, 0.717) is 48.3 Å². The fraction of sp³-hybridized carbons (Fsp3) is 0.269. The Balaban J connectivity index is 1.22. The topological polar surface area (TPSA) is 142 Å². The van der Waals surface area contributed by atoms with Crippen LogP contribution in [-0.4, -0.2) is 46.0 Å². The molecule has 0 saturated carbocycles. The number of anilines is 3. The number of nitrogen functional groups attached to an aromatic ring is 1. The van der Waals surface area contributed by atoms with E-state index < -0.39 is 6.10 Å². The smallest absolute Gasteiger partial charge is 0.219 e. The zero-order valence-corrected chi connectivity index (χ0v) is 20.2. The van der Waals surface area contributed by atoms with Gasteiger partial charge in [0.25, 0.3) is 0 Å². The molecule has 0 fully saturated rings. The van der Waals surface area contributed by atoms with E-state index in [4.69, 9.17) is 15.6 Å². The molecule has 0 saturated heterocycles. The van der Waals surface area contributed by atoms with Crippen molar-refractivity contribution in [2.24, 2.45) is 0 Å². The first-order valence-electron chi connectivity index (χ1n) is 12.2. The maximum Gasteiger partial charge on any atom is 0.219 e. The number of hydrogen-bond donors (Lipinski definition) is 3. The Hall–Kier alpha value is -4.51. The lowest BCUT2D eigenvalue weighted by atomic mass is 9.95. The lowest BCUT2D eigenvalue weighted by Gasteiger charge is -2.24. The Morgan fingerprint density at radius 1 is 1.14 bits per heavy atom. The van der Waals surface area contributed by atoms with Crippen molar-refractivity contribution in [2.45, 2.75) is 39.0 Å². The summed E-state index contributed by atoms with van der Waals surface area (Å²) >= 11 is 0. The summed E-state index contributed by atoms with van der Waals surface area (Å²) in [5.74, 6) is 3.24. The van der Waals surface area contributed by atoms with Crippen LogP contribution in [0.2, 0.25) is 0 Å². The fourth-order valence-corrected chi connectivity index (χ4v) is 5.20. The number of fused-ring (bicyclic) bond motifs is 4. The monoisotopic (exact) mass is 495 g/mol. The Kier molecular flexibility index (Phi) is 4.86. The third kappa shape index (κ3) is 3.66. The van der Waals surface area contributed by atoms with Crippen LogP contribution in [-0.2, 0) is 19.5 Å². The number of hydrogen-bond acceptors (Lipinski definition) is 9. The number of aromatic nitrogens is 7. The molecule has 0 radical (unpaired) electrons. The van der Waals surface area contributed by atoms with Crippen LogP contribution < -0.4 is 15.8 Å². The number of nitrogens with one attached hydrogen (secondary N) is 1. The van der Waals surface area contributed by atoms with E-state index in [9.17, 15) is 5.11 Å². The first-order chi connectivity index (χ1) is 18.0. The Morgan fingerprint density at radius 2 is 2.05 bits per heavy atom. The molecule has 11 heteroatoms. The molecule has 186 valence electrons. The van der Waals surface area contributed by atoms with Gasteiger partial charge in [-0.05, 0) is 30.0 Å². The maximum absolute atomic E-state index is 10.5. The van der Waals surface area contributed by atoms with Gasteiger partial charge in [-0.3, -0.25) is 4.68 Å². The molecule has 5 aromatic rings. The van der Waals surface area contributed by atoms with Gasteiger partial charge in [0, 0.05) is 72.4 Å². The van der Waals surface area contributed by atoms with Crippen molar-refractivity contribution in [3.8, 4) is 17.1 Å². The molecule has 2 aliphatic rings. The highest BCUT2D eigenvalue weighted by molar-refractivity contribution is 5.95. The maximum atomic E-state index is 10.5. The van der Waals surface area contributed by atoms with Gasteiger partial charge < -0.3 is 25.5 Å². The second-order valence-corrected chi connectivity index (χ2v) is 9.44. The number of rotatable bonds is 3. The van der Waals surface area contributed by atoms with Gasteiger partial charge in [-0.1, -0.05) is 0 Å². The normalized spacial score (nSPS) is 16.4. The van der Waals surface area contributed by atoms with E-state index in [1.807, 2.05) is 36.1 Å². The van der Waals surface area contributed by atoms with Crippen molar-refractivity contribution < 1.29 is 9.84 Å². The molecule has 7 heterocycles. The Morgan fingerprint density at radius 3 is 2.97 bits per heavy atom. The molecule has 5 aromatic heterocycles. The van der Waals surface area contributed by atoms with Gasteiger partial charge in [0.2, 0.25) is 5.88 Å². The number of aryl methyl sites for hydroxylation is 2. The standard InChI is InChI=1S/C26H25N9O2/c1-14-17(11-30-26-24(14)20(36)3-7-37-26)19-8-15-9-21(29-12-18(15)25(27)31-19)32-22-10-16-2-5-34-6-4-28-23(34)13-35(16)33-22/h4,6,8-12,20,36H,2-3,5,7,13H2,1H3,(H2,27,31)(H,29,32,33). The van der Waals surface area contributed by atoms with Gasteiger partial charge in [-0.15, -0.1) is 0 Å². The fourth-order valence-electron chi connectivity index (χ4n) is 5.20. The average Bonchev–Trinajstić information content (AvgIpc) is 3.45. The van der Waals surface area contributed by atoms with Crippen LogP contribution in [0.4, 0.5) is 17.5 Å². The lowest BCUT2D eigenvalue weighted by Crippen LogP contribution is -2.16. The van der Waals surface area contributed by atoms with Crippen LogP contribution in [0.3, 0.4) is 0 Å². The summed E-state index contributed by atoms with van der Waals surface area (Å²) in [6, 6.07) is 5.96. The molecular formula is C26H25N9O2. The molecule has 2 aliphatic heterocycles. The minimum atomic E-state index is -0.612. The van der Waals surface area contributed by atoms with Gasteiger partial charge in [0.15, 0.2) is 5.82 Å². The van der Waals surface area contributed by atoms with Gasteiger partial charge in [-0.25, -0.2) is 19.9 Å². The second kappa shape index (κ2) is 8.27. The largest absolute Gasteiger partial charge is 0.477 e. The summed E-state index contributed by atoms with van der Waals surface area (Å²) in [5, 5.41) is 20.3. The Labute approximate surface area is 212 Å². The van der Waals surface area contributed by atoms with E-state index in [1.54, 1.807) is 12.4 Å².